The standard InChI is InChI=1S/C12H16BrClN2/c1-8-11(13)3-4-12(15-8)16(2)7-9-5-10(14)6-9/h3-4,9-10H,5-7H2,1-2H3. The summed E-state index contributed by atoms with van der Waals surface area (Å²) in [5.41, 5.74) is 1.04. The zero-order valence-electron chi connectivity index (χ0n) is 9.58. The van der Waals surface area contributed by atoms with Crippen LogP contribution in [0.2, 0.25) is 0 Å². The average Bonchev–Trinajstić information content (AvgIpc) is 2.19. The molecule has 0 aromatic carbocycles. The van der Waals surface area contributed by atoms with Crippen molar-refractivity contribution in [3.63, 3.8) is 0 Å². The highest BCUT2D eigenvalue weighted by Crippen LogP contribution is 2.33. The summed E-state index contributed by atoms with van der Waals surface area (Å²) in [6.45, 7) is 3.07. The maximum absolute atomic E-state index is 5.98. The zero-order valence-corrected chi connectivity index (χ0v) is 11.9. The van der Waals surface area contributed by atoms with Crippen LogP contribution in [-0.4, -0.2) is 24.0 Å². The highest BCUT2D eigenvalue weighted by Gasteiger charge is 2.28. The molecule has 2 nitrogen and oxygen atoms in total. The van der Waals surface area contributed by atoms with E-state index in [-0.39, 0.29) is 0 Å². The second kappa shape index (κ2) is 4.92. The Morgan fingerprint density at radius 1 is 1.50 bits per heavy atom. The van der Waals surface area contributed by atoms with E-state index in [1.807, 2.05) is 13.0 Å². The fourth-order valence-corrected chi connectivity index (χ4v) is 2.75. The van der Waals surface area contributed by atoms with Crippen molar-refractivity contribution in [1.29, 1.82) is 0 Å². The van der Waals surface area contributed by atoms with Gasteiger partial charge in [-0.05, 0) is 53.7 Å². The van der Waals surface area contributed by atoms with Crippen LogP contribution < -0.4 is 4.90 Å². The summed E-state index contributed by atoms with van der Waals surface area (Å²) in [6.07, 6.45) is 2.28. The number of rotatable bonds is 3. The zero-order chi connectivity index (χ0) is 11.7. The molecule has 1 fully saturated rings. The number of hydrogen-bond acceptors (Lipinski definition) is 2. The molecule has 16 heavy (non-hydrogen) atoms. The lowest BCUT2D eigenvalue weighted by Crippen LogP contribution is -2.35. The van der Waals surface area contributed by atoms with Gasteiger partial charge < -0.3 is 4.90 Å². The van der Waals surface area contributed by atoms with Crippen LogP contribution in [0.3, 0.4) is 0 Å². The van der Waals surface area contributed by atoms with Crippen LogP contribution in [0.25, 0.3) is 0 Å². The molecule has 1 aromatic heterocycles. The van der Waals surface area contributed by atoms with Crippen LogP contribution in [0.15, 0.2) is 16.6 Å². The third kappa shape index (κ3) is 2.69. The minimum atomic E-state index is 0.401. The molecule has 88 valence electrons. The summed E-state index contributed by atoms with van der Waals surface area (Å²) < 4.78 is 1.06. The Morgan fingerprint density at radius 3 is 2.75 bits per heavy atom. The molecule has 0 N–H and O–H groups in total. The van der Waals surface area contributed by atoms with E-state index in [2.05, 4.69) is 38.9 Å². The van der Waals surface area contributed by atoms with E-state index in [1.54, 1.807) is 0 Å². The Balaban J connectivity index is 1.97. The van der Waals surface area contributed by atoms with Gasteiger partial charge in [-0.2, -0.15) is 0 Å². The number of nitrogens with zero attached hydrogens (tertiary/aromatic N) is 2. The van der Waals surface area contributed by atoms with Crippen molar-refractivity contribution in [3.8, 4) is 0 Å². The fraction of sp³-hybridized carbons (Fsp3) is 0.583. The van der Waals surface area contributed by atoms with Crippen LogP contribution >= 0.6 is 27.5 Å². The molecule has 0 bridgehead atoms. The normalized spacial score (nSPS) is 24.0. The summed E-state index contributed by atoms with van der Waals surface area (Å²) in [5.74, 6) is 1.77. The van der Waals surface area contributed by atoms with E-state index in [9.17, 15) is 0 Å². The fourth-order valence-electron chi connectivity index (χ4n) is 2.03. The van der Waals surface area contributed by atoms with Crippen LogP contribution in [-0.2, 0) is 0 Å². The minimum Gasteiger partial charge on any atom is -0.359 e. The van der Waals surface area contributed by atoms with Crippen molar-refractivity contribution in [3.05, 3.63) is 22.3 Å². The van der Waals surface area contributed by atoms with Crippen molar-refractivity contribution >= 4 is 33.3 Å². The Bertz CT molecular complexity index is 377. The number of halogens is 2. The molecule has 0 aliphatic heterocycles. The maximum atomic E-state index is 5.98. The van der Waals surface area contributed by atoms with Crippen molar-refractivity contribution in [1.82, 2.24) is 4.98 Å². The van der Waals surface area contributed by atoms with Gasteiger partial charge in [-0.1, -0.05) is 0 Å². The molecule has 1 saturated carbocycles. The lowest BCUT2D eigenvalue weighted by molar-refractivity contribution is 0.328. The molecular formula is C12H16BrClN2. The van der Waals surface area contributed by atoms with Crippen LogP contribution in [0.4, 0.5) is 5.82 Å². The van der Waals surface area contributed by atoms with Crippen LogP contribution in [0, 0.1) is 12.8 Å². The van der Waals surface area contributed by atoms with Gasteiger partial charge in [0.25, 0.3) is 0 Å². The van der Waals surface area contributed by atoms with Gasteiger partial charge in [-0.3, -0.25) is 0 Å². The first-order chi connectivity index (χ1) is 7.56. The summed E-state index contributed by atoms with van der Waals surface area (Å²) in [7, 11) is 2.09. The number of pyridine rings is 1. The van der Waals surface area contributed by atoms with Gasteiger partial charge in [0.05, 0.1) is 5.69 Å². The molecule has 0 radical (unpaired) electrons. The van der Waals surface area contributed by atoms with Gasteiger partial charge in [0.2, 0.25) is 0 Å². The molecule has 0 saturated heterocycles. The van der Waals surface area contributed by atoms with Gasteiger partial charge in [0.15, 0.2) is 0 Å². The Labute approximate surface area is 110 Å². The quantitative estimate of drug-likeness (QED) is 0.793. The third-order valence-electron chi connectivity index (χ3n) is 3.11. The topological polar surface area (TPSA) is 16.1 Å². The van der Waals surface area contributed by atoms with Crippen LogP contribution in [0.5, 0.6) is 0 Å². The molecule has 0 spiro atoms. The molecule has 1 heterocycles. The molecule has 4 heteroatoms. The van der Waals surface area contributed by atoms with Gasteiger partial charge in [0.1, 0.15) is 5.82 Å². The summed E-state index contributed by atoms with van der Waals surface area (Å²) in [5, 5.41) is 0.401. The molecule has 0 unspecified atom stereocenters. The van der Waals surface area contributed by atoms with Gasteiger partial charge in [-0.25, -0.2) is 4.98 Å². The highest BCUT2D eigenvalue weighted by atomic mass is 79.9. The number of alkyl halides is 1. The molecular weight excluding hydrogens is 288 g/mol. The van der Waals surface area contributed by atoms with E-state index >= 15 is 0 Å². The van der Waals surface area contributed by atoms with Crippen molar-refractivity contribution in [2.45, 2.75) is 25.1 Å². The summed E-state index contributed by atoms with van der Waals surface area (Å²) in [4.78, 5) is 6.76. The van der Waals surface area contributed by atoms with Crippen LogP contribution in [0.1, 0.15) is 18.5 Å². The Morgan fingerprint density at radius 2 is 2.19 bits per heavy atom. The Kier molecular flexibility index (Phi) is 3.75. The summed E-state index contributed by atoms with van der Waals surface area (Å²) >= 11 is 9.44. The first-order valence-corrected chi connectivity index (χ1v) is 6.77. The maximum Gasteiger partial charge on any atom is 0.128 e. The van der Waals surface area contributed by atoms with Gasteiger partial charge >= 0.3 is 0 Å². The van der Waals surface area contributed by atoms with Crippen molar-refractivity contribution in [2.75, 3.05) is 18.5 Å². The molecule has 0 atom stereocenters. The molecule has 1 aliphatic carbocycles. The summed E-state index contributed by atoms with van der Waals surface area (Å²) in [6, 6.07) is 4.10. The second-order valence-electron chi connectivity index (χ2n) is 4.55. The van der Waals surface area contributed by atoms with E-state index in [0.717, 1.165) is 41.3 Å². The average molecular weight is 304 g/mol. The van der Waals surface area contributed by atoms with Crippen molar-refractivity contribution < 1.29 is 0 Å². The van der Waals surface area contributed by atoms with Crippen molar-refractivity contribution in [2.24, 2.45) is 5.92 Å². The van der Waals surface area contributed by atoms with E-state index in [0.29, 0.717) is 5.38 Å². The number of aryl methyl sites for hydroxylation is 1. The van der Waals surface area contributed by atoms with E-state index < -0.39 is 0 Å². The predicted octanol–water partition coefficient (Wildman–Crippen LogP) is 3.61. The van der Waals surface area contributed by atoms with E-state index in [1.165, 1.54) is 0 Å². The molecule has 1 aromatic rings. The smallest absolute Gasteiger partial charge is 0.128 e. The third-order valence-corrected chi connectivity index (χ3v) is 4.30. The first kappa shape index (κ1) is 12.2. The first-order valence-electron chi connectivity index (χ1n) is 5.54. The second-order valence-corrected chi connectivity index (χ2v) is 6.02. The molecule has 0 amide bonds. The van der Waals surface area contributed by atoms with Gasteiger partial charge in [0, 0.05) is 23.4 Å². The molecule has 2 rings (SSSR count). The highest BCUT2D eigenvalue weighted by molar-refractivity contribution is 9.10. The predicted molar refractivity (Wildman–Crippen MR) is 72.3 cm³/mol. The molecule has 1 aliphatic rings. The number of hydrogen-bond donors (Lipinski definition) is 0. The van der Waals surface area contributed by atoms with Gasteiger partial charge in [-0.15, -0.1) is 11.6 Å². The minimum absolute atomic E-state index is 0.401. The van der Waals surface area contributed by atoms with E-state index in [4.69, 9.17) is 11.6 Å². The lowest BCUT2D eigenvalue weighted by atomic mass is 9.84. The monoisotopic (exact) mass is 302 g/mol. The number of anilines is 1. The lowest BCUT2D eigenvalue weighted by Gasteiger charge is -2.34. The Hall–Kier alpha value is -0.280. The largest absolute Gasteiger partial charge is 0.359 e. The number of aromatic nitrogens is 1. The SMILES string of the molecule is Cc1nc(N(C)CC2CC(Cl)C2)ccc1Br.